The van der Waals surface area contributed by atoms with Crippen LogP contribution in [-0.4, -0.2) is 24.3 Å². The monoisotopic (exact) mass is 287 g/mol. The molecule has 0 saturated heterocycles. The highest BCUT2D eigenvalue weighted by Crippen LogP contribution is 2.36. The number of ether oxygens (including phenoxy) is 1. The molecule has 1 heterocycles. The molecule has 0 bridgehead atoms. The molecule has 0 aliphatic carbocycles. The zero-order valence-corrected chi connectivity index (χ0v) is 11.9. The largest absolute Gasteiger partial charge is 0.508 e. The number of rotatable bonds is 3. The van der Waals surface area contributed by atoms with Crippen LogP contribution in [0.5, 0.6) is 11.5 Å². The molecule has 2 aromatic rings. The van der Waals surface area contributed by atoms with Crippen LogP contribution in [0.2, 0.25) is 0 Å². The highest BCUT2D eigenvalue weighted by atomic mass is 19.1. The molecule has 0 radical (unpaired) electrons. The number of likely N-dealkylation sites (N-methyl/N-ethyl adjacent to an activating group) is 1. The second-order valence-electron chi connectivity index (χ2n) is 5.26. The van der Waals surface area contributed by atoms with E-state index >= 15 is 0 Å². The molecule has 21 heavy (non-hydrogen) atoms. The van der Waals surface area contributed by atoms with Crippen LogP contribution in [0, 0.1) is 5.82 Å². The van der Waals surface area contributed by atoms with Crippen LogP contribution >= 0.6 is 0 Å². The average Bonchev–Trinajstić information content (AvgIpc) is 2.48. The second kappa shape index (κ2) is 5.64. The molecule has 0 amide bonds. The first kappa shape index (κ1) is 13.7. The molecule has 1 N–H and O–H groups in total. The summed E-state index contributed by atoms with van der Waals surface area (Å²) in [7, 11) is 0. The van der Waals surface area contributed by atoms with Gasteiger partial charge in [-0.3, -0.25) is 0 Å². The summed E-state index contributed by atoms with van der Waals surface area (Å²) in [6, 6.07) is 11.7. The van der Waals surface area contributed by atoms with Crippen LogP contribution in [-0.2, 0) is 6.42 Å². The van der Waals surface area contributed by atoms with E-state index in [4.69, 9.17) is 4.74 Å². The van der Waals surface area contributed by atoms with Crippen LogP contribution in [0.15, 0.2) is 42.5 Å². The van der Waals surface area contributed by atoms with E-state index < -0.39 is 0 Å². The summed E-state index contributed by atoms with van der Waals surface area (Å²) in [6.07, 6.45) is 0.705. The molecule has 1 atom stereocenters. The van der Waals surface area contributed by atoms with Gasteiger partial charge in [-0.15, -0.1) is 0 Å². The zero-order valence-electron chi connectivity index (χ0n) is 11.9. The minimum absolute atomic E-state index is 0.00953. The predicted molar refractivity (Wildman–Crippen MR) is 80.5 cm³/mol. The van der Waals surface area contributed by atoms with Crippen molar-refractivity contribution in [2.45, 2.75) is 19.4 Å². The third-order valence-corrected chi connectivity index (χ3v) is 3.76. The lowest BCUT2D eigenvalue weighted by Crippen LogP contribution is -2.41. The zero-order chi connectivity index (χ0) is 14.8. The van der Waals surface area contributed by atoms with Gasteiger partial charge in [0.15, 0.2) is 0 Å². The molecule has 0 fully saturated rings. The van der Waals surface area contributed by atoms with Gasteiger partial charge in [-0.25, -0.2) is 4.39 Å². The highest BCUT2D eigenvalue weighted by Gasteiger charge is 2.25. The Hall–Kier alpha value is -2.23. The Bertz CT molecular complexity index is 627. The van der Waals surface area contributed by atoms with Crippen LogP contribution in [0.4, 0.5) is 10.1 Å². The maximum Gasteiger partial charge on any atom is 0.146 e. The third-order valence-electron chi connectivity index (χ3n) is 3.76. The Morgan fingerprint density at radius 2 is 2.00 bits per heavy atom. The molecular weight excluding hydrogens is 269 g/mol. The quantitative estimate of drug-likeness (QED) is 0.939. The SMILES string of the molecule is CCN1CC(Cc2ccc(F)cc2)Oc2cc(O)ccc21. The van der Waals surface area contributed by atoms with Crippen molar-refractivity contribution in [1.29, 1.82) is 0 Å². The molecule has 4 heteroatoms. The smallest absolute Gasteiger partial charge is 0.146 e. The van der Waals surface area contributed by atoms with Crippen LogP contribution < -0.4 is 9.64 Å². The third kappa shape index (κ3) is 2.94. The average molecular weight is 287 g/mol. The van der Waals surface area contributed by atoms with E-state index in [1.807, 2.05) is 6.07 Å². The summed E-state index contributed by atoms with van der Waals surface area (Å²) in [5.74, 6) is 0.677. The van der Waals surface area contributed by atoms with Gasteiger partial charge < -0.3 is 14.7 Å². The molecule has 3 rings (SSSR count). The molecule has 1 aliphatic rings. The standard InChI is InChI=1S/C17H18FNO2/c1-2-19-11-15(9-12-3-5-13(18)6-4-12)21-17-10-14(20)7-8-16(17)19/h3-8,10,15,20H,2,9,11H2,1H3. The van der Waals surface area contributed by atoms with Crippen molar-refractivity contribution in [2.75, 3.05) is 18.0 Å². The van der Waals surface area contributed by atoms with E-state index in [0.29, 0.717) is 12.2 Å². The van der Waals surface area contributed by atoms with Gasteiger partial charge >= 0.3 is 0 Å². The summed E-state index contributed by atoms with van der Waals surface area (Å²) in [5, 5.41) is 9.61. The summed E-state index contributed by atoms with van der Waals surface area (Å²) >= 11 is 0. The van der Waals surface area contributed by atoms with Crippen molar-refractivity contribution in [3.63, 3.8) is 0 Å². The Morgan fingerprint density at radius 1 is 1.24 bits per heavy atom. The van der Waals surface area contributed by atoms with Crippen molar-refractivity contribution < 1.29 is 14.2 Å². The van der Waals surface area contributed by atoms with E-state index in [1.165, 1.54) is 12.1 Å². The number of fused-ring (bicyclic) bond motifs is 1. The van der Waals surface area contributed by atoms with E-state index in [9.17, 15) is 9.50 Å². The number of halogens is 1. The van der Waals surface area contributed by atoms with E-state index in [1.54, 1.807) is 24.3 Å². The molecule has 1 aliphatic heterocycles. The van der Waals surface area contributed by atoms with Crippen molar-refractivity contribution in [2.24, 2.45) is 0 Å². The van der Waals surface area contributed by atoms with Crippen molar-refractivity contribution in [1.82, 2.24) is 0 Å². The molecule has 0 spiro atoms. The minimum Gasteiger partial charge on any atom is -0.508 e. The van der Waals surface area contributed by atoms with Gasteiger partial charge in [-0.1, -0.05) is 12.1 Å². The van der Waals surface area contributed by atoms with Gasteiger partial charge in [0.1, 0.15) is 23.4 Å². The summed E-state index contributed by atoms with van der Waals surface area (Å²) in [6.45, 7) is 3.75. The predicted octanol–water partition coefficient (Wildman–Crippen LogP) is 3.36. The number of hydrogen-bond donors (Lipinski definition) is 1. The number of phenolic OH excluding ortho intramolecular Hbond substituents is 1. The fourth-order valence-corrected chi connectivity index (χ4v) is 2.71. The molecule has 0 saturated carbocycles. The number of hydrogen-bond acceptors (Lipinski definition) is 3. The van der Waals surface area contributed by atoms with Crippen LogP contribution in [0.25, 0.3) is 0 Å². The Morgan fingerprint density at radius 3 is 2.71 bits per heavy atom. The first-order chi connectivity index (χ1) is 10.2. The minimum atomic E-state index is -0.228. The number of benzene rings is 2. The fourth-order valence-electron chi connectivity index (χ4n) is 2.71. The van der Waals surface area contributed by atoms with Crippen LogP contribution in [0.1, 0.15) is 12.5 Å². The van der Waals surface area contributed by atoms with Crippen molar-refractivity contribution in [3.05, 3.63) is 53.8 Å². The van der Waals surface area contributed by atoms with Crippen molar-refractivity contribution in [3.8, 4) is 11.5 Å². The van der Waals surface area contributed by atoms with Gasteiger partial charge in [0, 0.05) is 19.0 Å². The molecule has 0 aromatic heterocycles. The van der Waals surface area contributed by atoms with E-state index in [2.05, 4.69) is 11.8 Å². The molecule has 1 unspecified atom stereocenters. The number of nitrogens with zero attached hydrogens (tertiary/aromatic N) is 1. The summed E-state index contributed by atoms with van der Waals surface area (Å²) < 4.78 is 18.9. The molecular formula is C17H18FNO2. The normalized spacial score (nSPS) is 17.2. The lowest BCUT2D eigenvalue weighted by molar-refractivity contribution is 0.193. The molecule has 3 nitrogen and oxygen atoms in total. The summed E-state index contributed by atoms with van der Waals surface area (Å²) in [5.41, 5.74) is 2.05. The first-order valence-corrected chi connectivity index (χ1v) is 7.15. The van der Waals surface area contributed by atoms with Crippen molar-refractivity contribution >= 4 is 5.69 Å². The Labute approximate surface area is 123 Å². The maximum atomic E-state index is 13.0. The highest BCUT2D eigenvalue weighted by molar-refractivity contribution is 5.62. The molecule has 110 valence electrons. The Kier molecular flexibility index (Phi) is 3.69. The number of anilines is 1. The molecule has 2 aromatic carbocycles. The number of phenols is 1. The topological polar surface area (TPSA) is 32.7 Å². The van der Waals surface area contributed by atoms with Gasteiger partial charge in [0.05, 0.1) is 12.2 Å². The first-order valence-electron chi connectivity index (χ1n) is 7.15. The lowest BCUT2D eigenvalue weighted by atomic mass is 10.1. The maximum absolute atomic E-state index is 13.0. The fraction of sp³-hybridized carbons (Fsp3) is 0.294. The second-order valence-corrected chi connectivity index (χ2v) is 5.26. The summed E-state index contributed by atoms with van der Waals surface area (Å²) in [4.78, 5) is 2.23. The van der Waals surface area contributed by atoms with Gasteiger partial charge in [-0.2, -0.15) is 0 Å². The van der Waals surface area contributed by atoms with Gasteiger partial charge in [0.2, 0.25) is 0 Å². The van der Waals surface area contributed by atoms with Gasteiger partial charge in [-0.05, 0) is 36.8 Å². The Balaban J connectivity index is 1.81. The van der Waals surface area contributed by atoms with Crippen LogP contribution in [0.3, 0.4) is 0 Å². The van der Waals surface area contributed by atoms with Gasteiger partial charge in [0.25, 0.3) is 0 Å². The van der Waals surface area contributed by atoms with E-state index in [0.717, 1.165) is 24.3 Å². The lowest BCUT2D eigenvalue weighted by Gasteiger charge is -2.35. The van der Waals surface area contributed by atoms with E-state index in [-0.39, 0.29) is 17.7 Å². The number of aromatic hydroxyl groups is 1.